The first-order valence-corrected chi connectivity index (χ1v) is 12.3. The molecule has 158 valence electrons. The summed E-state index contributed by atoms with van der Waals surface area (Å²) >= 11 is 3.08. The van der Waals surface area contributed by atoms with Gasteiger partial charge in [0.25, 0.3) is 0 Å². The number of tetrazole rings is 1. The maximum Gasteiger partial charge on any atom is 0.230 e. The Morgan fingerprint density at radius 2 is 2.00 bits per heavy atom. The molecule has 1 fully saturated rings. The lowest BCUT2D eigenvalue weighted by Gasteiger charge is -2.21. The standard InChI is InChI=1S/C21H26N6OS2/c1-3-16-9-11-18(12-10-16)26(15(2)28)20-22-17(13-29-20)14-30-21-23-24-25-27(21)19-7-5-4-6-8-19/h9-13,19H,3-8,14H2,1-2H3. The van der Waals surface area contributed by atoms with Gasteiger partial charge in [-0.1, -0.05) is 50.1 Å². The van der Waals surface area contributed by atoms with Crippen molar-refractivity contribution in [1.29, 1.82) is 0 Å². The largest absolute Gasteiger partial charge is 0.274 e. The van der Waals surface area contributed by atoms with E-state index >= 15 is 0 Å². The number of thiazole rings is 1. The number of anilines is 2. The van der Waals surface area contributed by atoms with E-state index in [0.717, 1.165) is 35.8 Å². The van der Waals surface area contributed by atoms with E-state index in [1.165, 1.54) is 36.2 Å². The fourth-order valence-electron chi connectivity index (χ4n) is 3.75. The summed E-state index contributed by atoms with van der Waals surface area (Å²) in [4.78, 5) is 18.7. The Morgan fingerprint density at radius 3 is 2.70 bits per heavy atom. The maximum atomic E-state index is 12.3. The summed E-state index contributed by atoms with van der Waals surface area (Å²) in [6.07, 6.45) is 7.04. The number of carbonyl (C=O) groups is 1. The minimum absolute atomic E-state index is 0.0472. The summed E-state index contributed by atoms with van der Waals surface area (Å²) in [6, 6.07) is 8.48. The second-order valence-corrected chi connectivity index (χ2v) is 9.26. The van der Waals surface area contributed by atoms with Crippen molar-refractivity contribution in [3.63, 3.8) is 0 Å². The van der Waals surface area contributed by atoms with E-state index in [0.29, 0.717) is 16.9 Å². The van der Waals surface area contributed by atoms with Gasteiger partial charge in [0.05, 0.1) is 17.4 Å². The van der Waals surface area contributed by atoms with Gasteiger partial charge in [-0.3, -0.25) is 9.69 Å². The second-order valence-electron chi connectivity index (χ2n) is 7.48. The molecule has 0 saturated heterocycles. The molecule has 1 aromatic carbocycles. The molecule has 0 spiro atoms. The van der Waals surface area contributed by atoms with Gasteiger partial charge >= 0.3 is 0 Å². The molecule has 0 aliphatic heterocycles. The van der Waals surface area contributed by atoms with Crippen LogP contribution < -0.4 is 4.90 Å². The molecule has 0 radical (unpaired) electrons. The smallest absolute Gasteiger partial charge is 0.230 e. The van der Waals surface area contributed by atoms with Crippen LogP contribution >= 0.6 is 23.1 Å². The minimum Gasteiger partial charge on any atom is -0.274 e. The van der Waals surface area contributed by atoms with Gasteiger partial charge in [-0.25, -0.2) is 9.67 Å². The van der Waals surface area contributed by atoms with E-state index in [-0.39, 0.29) is 5.91 Å². The maximum absolute atomic E-state index is 12.3. The lowest BCUT2D eigenvalue weighted by atomic mass is 9.96. The molecular weight excluding hydrogens is 416 g/mol. The summed E-state index contributed by atoms with van der Waals surface area (Å²) < 4.78 is 1.98. The van der Waals surface area contributed by atoms with E-state index < -0.39 is 0 Å². The zero-order valence-electron chi connectivity index (χ0n) is 17.3. The fourth-order valence-corrected chi connectivity index (χ4v) is 5.58. The monoisotopic (exact) mass is 442 g/mol. The average Bonchev–Trinajstić information content (AvgIpc) is 3.43. The molecule has 2 heterocycles. The van der Waals surface area contributed by atoms with Crippen LogP contribution in [0.1, 0.15) is 63.3 Å². The van der Waals surface area contributed by atoms with Crippen molar-refractivity contribution in [1.82, 2.24) is 25.2 Å². The highest BCUT2D eigenvalue weighted by molar-refractivity contribution is 7.98. The van der Waals surface area contributed by atoms with Crippen LogP contribution in [-0.4, -0.2) is 31.1 Å². The average molecular weight is 443 g/mol. The van der Waals surface area contributed by atoms with E-state index in [4.69, 9.17) is 4.98 Å². The molecule has 1 amide bonds. The number of carbonyl (C=O) groups excluding carboxylic acids is 1. The van der Waals surface area contributed by atoms with Crippen LogP contribution in [0.15, 0.2) is 34.8 Å². The number of amides is 1. The Kier molecular flexibility index (Phi) is 6.79. The Balaban J connectivity index is 1.46. The first-order chi connectivity index (χ1) is 14.7. The number of hydrogen-bond acceptors (Lipinski definition) is 7. The van der Waals surface area contributed by atoms with Gasteiger partial charge in [-0.15, -0.1) is 16.4 Å². The first-order valence-electron chi connectivity index (χ1n) is 10.4. The number of hydrogen-bond donors (Lipinski definition) is 0. The van der Waals surface area contributed by atoms with Crippen molar-refractivity contribution in [2.75, 3.05) is 4.90 Å². The van der Waals surface area contributed by atoms with Crippen LogP contribution in [0.2, 0.25) is 0 Å². The van der Waals surface area contributed by atoms with E-state index in [1.807, 2.05) is 22.2 Å². The topological polar surface area (TPSA) is 76.8 Å². The van der Waals surface area contributed by atoms with E-state index in [1.54, 1.807) is 23.6 Å². The molecule has 1 saturated carbocycles. The van der Waals surface area contributed by atoms with Gasteiger partial charge in [-0.2, -0.15) is 0 Å². The molecule has 30 heavy (non-hydrogen) atoms. The molecule has 3 aromatic rings. The highest BCUT2D eigenvalue weighted by Crippen LogP contribution is 2.33. The second kappa shape index (κ2) is 9.70. The lowest BCUT2D eigenvalue weighted by Crippen LogP contribution is -2.22. The summed E-state index contributed by atoms with van der Waals surface area (Å²) in [6.45, 7) is 3.69. The van der Waals surface area contributed by atoms with E-state index in [2.05, 4.69) is 34.6 Å². The van der Waals surface area contributed by atoms with Gasteiger partial charge in [0.2, 0.25) is 11.1 Å². The quantitative estimate of drug-likeness (QED) is 0.470. The molecule has 0 unspecified atom stereocenters. The first kappa shape index (κ1) is 21.0. The normalized spacial score (nSPS) is 14.7. The Morgan fingerprint density at radius 1 is 1.23 bits per heavy atom. The molecule has 4 rings (SSSR count). The summed E-state index contributed by atoms with van der Waals surface area (Å²) in [5, 5.41) is 15.9. The van der Waals surface area contributed by atoms with Crippen molar-refractivity contribution in [2.24, 2.45) is 0 Å². The number of aryl methyl sites for hydroxylation is 1. The van der Waals surface area contributed by atoms with Crippen molar-refractivity contribution in [2.45, 2.75) is 69.3 Å². The van der Waals surface area contributed by atoms with Gasteiger partial charge in [-0.05, 0) is 47.4 Å². The molecule has 1 aliphatic carbocycles. The molecule has 9 heteroatoms. The van der Waals surface area contributed by atoms with Gasteiger partial charge in [0, 0.05) is 18.1 Å². The van der Waals surface area contributed by atoms with Crippen LogP contribution in [0.3, 0.4) is 0 Å². The summed E-state index contributed by atoms with van der Waals surface area (Å²) in [5.74, 6) is 0.624. The van der Waals surface area contributed by atoms with E-state index in [9.17, 15) is 4.79 Å². The molecule has 0 atom stereocenters. The Labute approximate surface area is 184 Å². The zero-order valence-corrected chi connectivity index (χ0v) is 19.0. The van der Waals surface area contributed by atoms with Gasteiger partial charge < -0.3 is 0 Å². The molecule has 0 bridgehead atoms. The summed E-state index contributed by atoms with van der Waals surface area (Å²) in [7, 11) is 0. The number of thioether (sulfide) groups is 1. The van der Waals surface area contributed by atoms with Crippen molar-refractivity contribution >= 4 is 39.8 Å². The van der Waals surface area contributed by atoms with Crippen LogP contribution in [0, 0.1) is 0 Å². The van der Waals surface area contributed by atoms with Crippen molar-refractivity contribution < 1.29 is 4.79 Å². The summed E-state index contributed by atoms with van der Waals surface area (Å²) in [5.41, 5.74) is 3.01. The van der Waals surface area contributed by atoms with Crippen molar-refractivity contribution in [3.05, 3.63) is 40.9 Å². The van der Waals surface area contributed by atoms with Crippen molar-refractivity contribution in [3.8, 4) is 0 Å². The van der Waals surface area contributed by atoms with Crippen LogP contribution in [-0.2, 0) is 17.0 Å². The van der Waals surface area contributed by atoms with Gasteiger partial charge in [0.1, 0.15) is 0 Å². The third-order valence-corrected chi connectivity index (χ3v) is 7.22. The third kappa shape index (κ3) is 4.73. The number of benzene rings is 1. The Bertz CT molecular complexity index is 978. The Hall–Kier alpha value is -2.26. The molecule has 1 aliphatic rings. The fraction of sp³-hybridized carbons (Fsp3) is 0.476. The van der Waals surface area contributed by atoms with Gasteiger partial charge in [0.15, 0.2) is 5.13 Å². The molecule has 0 N–H and O–H groups in total. The lowest BCUT2D eigenvalue weighted by molar-refractivity contribution is -0.115. The van der Waals surface area contributed by atoms with Crippen LogP contribution in [0.5, 0.6) is 0 Å². The number of rotatable bonds is 7. The highest BCUT2D eigenvalue weighted by Gasteiger charge is 2.21. The number of nitrogens with zero attached hydrogens (tertiary/aromatic N) is 6. The third-order valence-electron chi connectivity index (χ3n) is 5.38. The van der Waals surface area contributed by atoms with Crippen LogP contribution in [0.25, 0.3) is 0 Å². The molecular formula is C21H26N6OS2. The zero-order chi connectivity index (χ0) is 20.9. The minimum atomic E-state index is -0.0472. The predicted octanol–water partition coefficient (Wildman–Crippen LogP) is 5.17. The molecule has 2 aromatic heterocycles. The highest BCUT2D eigenvalue weighted by atomic mass is 32.2. The predicted molar refractivity (Wildman–Crippen MR) is 120 cm³/mol. The molecule has 7 nitrogen and oxygen atoms in total. The number of aromatic nitrogens is 5. The van der Waals surface area contributed by atoms with Crippen LogP contribution in [0.4, 0.5) is 10.8 Å². The SMILES string of the molecule is CCc1ccc(N(C(C)=O)c2nc(CSc3nnnn3C3CCCCC3)cs2)cc1.